The number of rotatable bonds is 3. The molecule has 0 saturated carbocycles. The fourth-order valence-electron chi connectivity index (χ4n) is 3.65. The summed E-state index contributed by atoms with van der Waals surface area (Å²) < 4.78 is 5.65. The van der Waals surface area contributed by atoms with Crippen molar-refractivity contribution in [2.45, 2.75) is 38.2 Å². The zero-order valence-electron chi connectivity index (χ0n) is 12.7. The quantitative estimate of drug-likeness (QED) is 0.742. The minimum atomic E-state index is -0.693. The molecule has 2 aliphatic heterocycles. The minimum absolute atomic E-state index is 0.138. The number of nitrogens with zero attached hydrogens (tertiary/aromatic N) is 2. The van der Waals surface area contributed by atoms with Crippen LogP contribution in [0.5, 0.6) is 0 Å². The lowest BCUT2D eigenvalue weighted by atomic mass is 9.77. The standard InChI is InChI=1S/C16H22N2O3/c1-3-16(21-2)9-7-8-12-13(16)15(20)18(14(12)19)17-10-5-4-6-11-17/h7-9,13H,3-6,10-11H2,1-2H3. The Labute approximate surface area is 125 Å². The Bertz CT molecular complexity index is 514. The van der Waals surface area contributed by atoms with Gasteiger partial charge in [0.2, 0.25) is 0 Å². The monoisotopic (exact) mass is 290 g/mol. The van der Waals surface area contributed by atoms with Crippen LogP contribution in [0.2, 0.25) is 0 Å². The topological polar surface area (TPSA) is 49.9 Å². The molecule has 0 aromatic carbocycles. The number of methoxy groups -OCH3 is 1. The summed E-state index contributed by atoms with van der Waals surface area (Å²) in [5.41, 5.74) is -0.127. The Balaban J connectivity index is 1.95. The molecule has 0 aromatic heterocycles. The highest BCUT2D eigenvalue weighted by molar-refractivity contribution is 6.15. The number of hydrogen-bond acceptors (Lipinski definition) is 4. The van der Waals surface area contributed by atoms with E-state index >= 15 is 0 Å². The summed E-state index contributed by atoms with van der Waals surface area (Å²) in [6.45, 7) is 3.53. The minimum Gasteiger partial charge on any atom is -0.373 e. The molecule has 114 valence electrons. The van der Waals surface area contributed by atoms with Crippen LogP contribution in [0.15, 0.2) is 23.8 Å². The highest BCUT2D eigenvalue weighted by atomic mass is 16.5. The molecule has 0 N–H and O–H groups in total. The highest BCUT2D eigenvalue weighted by Gasteiger charge is 2.55. The van der Waals surface area contributed by atoms with E-state index in [-0.39, 0.29) is 11.8 Å². The van der Waals surface area contributed by atoms with Gasteiger partial charge in [-0.3, -0.25) is 9.59 Å². The highest BCUT2D eigenvalue weighted by Crippen LogP contribution is 2.42. The number of hydrogen-bond donors (Lipinski definition) is 0. The van der Waals surface area contributed by atoms with E-state index < -0.39 is 11.5 Å². The molecule has 2 atom stereocenters. The van der Waals surface area contributed by atoms with E-state index in [1.807, 2.05) is 24.1 Å². The van der Waals surface area contributed by atoms with E-state index in [1.54, 1.807) is 13.2 Å². The van der Waals surface area contributed by atoms with Gasteiger partial charge in [0.25, 0.3) is 11.8 Å². The van der Waals surface area contributed by atoms with E-state index in [4.69, 9.17) is 4.74 Å². The van der Waals surface area contributed by atoms with Gasteiger partial charge in [0.05, 0.1) is 0 Å². The first-order valence-corrected chi connectivity index (χ1v) is 7.72. The van der Waals surface area contributed by atoms with E-state index in [1.165, 1.54) is 5.01 Å². The number of ether oxygens (including phenoxy) is 1. The molecule has 2 heterocycles. The summed E-state index contributed by atoms with van der Waals surface area (Å²) in [6.07, 6.45) is 9.40. The smallest absolute Gasteiger partial charge is 0.272 e. The molecular formula is C16H22N2O3. The van der Waals surface area contributed by atoms with Crippen LogP contribution in [0.25, 0.3) is 0 Å². The van der Waals surface area contributed by atoms with Crippen LogP contribution in [0.1, 0.15) is 32.6 Å². The van der Waals surface area contributed by atoms with E-state index in [0.717, 1.165) is 32.4 Å². The van der Waals surface area contributed by atoms with Gasteiger partial charge in [0.15, 0.2) is 0 Å². The van der Waals surface area contributed by atoms with Crippen molar-refractivity contribution in [3.05, 3.63) is 23.8 Å². The van der Waals surface area contributed by atoms with Crippen molar-refractivity contribution in [1.82, 2.24) is 10.0 Å². The fraction of sp³-hybridized carbons (Fsp3) is 0.625. The third kappa shape index (κ3) is 2.07. The average molecular weight is 290 g/mol. The Kier molecular flexibility index (Phi) is 3.71. The molecule has 0 bridgehead atoms. The first-order valence-electron chi connectivity index (χ1n) is 7.72. The van der Waals surface area contributed by atoms with Gasteiger partial charge < -0.3 is 4.74 Å². The SMILES string of the molecule is CCC1(OC)C=CC=C2C(=O)N(N3CCCCC3)C(=O)C21. The van der Waals surface area contributed by atoms with Crippen molar-refractivity contribution in [2.75, 3.05) is 20.2 Å². The van der Waals surface area contributed by atoms with Crippen molar-refractivity contribution < 1.29 is 14.3 Å². The second-order valence-electron chi connectivity index (χ2n) is 5.90. The van der Waals surface area contributed by atoms with Crippen molar-refractivity contribution in [1.29, 1.82) is 0 Å². The van der Waals surface area contributed by atoms with Gasteiger partial charge in [-0.25, -0.2) is 10.0 Å². The summed E-state index contributed by atoms with van der Waals surface area (Å²) in [4.78, 5) is 25.6. The molecular weight excluding hydrogens is 268 g/mol. The normalized spacial score (nSPS) is 33.3. The number of imide groups is 1. The van der Waals surface area contributed by atoms with Crippen molar-refractivity contribution in [2.24, 2.45) is 5.92 Å². The number of amides is 2. The van der Waals surface area contributed by atoms with Crippen LogP contribution in [0.3, 0.4) is 0 Å². The van der Waals surface area contributed by atoms with Gasteiger partial charge in [0, 0.05) is 25.8 Å². The van der Waals surface area contributed by atoms with E-state index in [0.29, 0.717) is 12.0 Å². The summed E-state index contributed by atoms with van der Waals surface area (Å²) in [5.74, 6) is -0.820. The van der Waals surface area contributed by atoms with Crippen LogP contribution in [0, 0.1) is 5.92 Å². The molecule has 1 aliphatic carbocycles. The number of carbonyl (C=O) groups excluding carboxylic acids is 2. The molecule has 2 saturated heterocycles. The number of carbonyl (C=O) groups is 2. The van der Waals surface area contributed by atoms with Gasteiger partial charge >= 0.3 is 0 Å². The second kappa shape index (κ2) is 5.39. The predicted molar refractivity (Wildman–Crippen MR) is 78.0 cm³/mol. The molecule has 2 fully saturated rings. The predicted octanol–water partition coefficient (Wildman–Crippen LogP) is 1.66. The van der Waals surface area contributed by atoms with Crippen LogP contribution < -0.4 is 0 Å². The summed E-state index contributed by atoms with van der Waals surface area (Å²) in [6, 6.07) is 0. The van der Waals surface area contributed by atoms with Crippen molar-refractivity contribution >= 4 is 11.8 Å². The fourth-order valence-corrected chi connectivity index (χ4v) is 3.65. The maximum atomic E-state index is 12.9. The zero-order valence-corrected chi connectivity index (χ0v) is 12.7. The number of piperidine rings is 1. The third-order valence-corrected chi connectivity index (χ3v) is 4.90. The van der Waals surface area contributed by atoms with Crippen LogP contribution in [0.4, 0.5) is 0 Å². The molecule has 2 unspecified atom stereocenters. The van der Waals surface area contributed by atoms with E-state index in [2.05, 4.69) is 0 Å². The molecule has 0 aromatic rings. The average Bonchev–Trinajstić information content (AvgIpc) is 2.80. The van der Waals surface area contributed by atoms with Crippen molar-refractivity contribution in [3.63, 3.8) is 0 Å². The Morgan fingerprint density at radius 2 is 2.00 bits per heavy atom. The zero-order chi connectivity index (χ0) is 15.0. The Morgan fingerprint density at radius 1 is 1.29 bits per heavy atom. The lowest BCUT2D eigenvalue weighted by molar-refractivity contribution is -0.162. The molecule has 3 aliphatic rings. The van der Waals surface area contributed by atoms with E-state index in [9.17, 15) is 9.59 Å². The molecule has 21 heavy (non-hydrogen) atoms. The maximum absolute atomic E-state index is 12.9. The Hall–Kier alpha value is -1.46. The second-order valence-corrected chi connectivity index (χ2v) is 5.90. The van der Waals surface area contributed by atoms with Crippen LogP contribution in [-0.2, 0) is 14.3 Å². The maximum Gasteiger partial charge on any atom is 0.272 e. The van der Waals surface area contributed by atoms with Gasteiger partial charge in [-0.1, -0.05) is 31.6 Å². The molecule has 5 nitrogen and oxygen atoms in total. The third-order valence-electron chi connectivity index (χ3n) is 4.90. The summed E-state index contributed by atoms with van der Waals surface area (Å²) in [5, 5.41) is 3.27. The summed E-state index contributed by atoms with van der Waals surface area (Å²) >= 11 is 0. The molecule has 2 amide bonds. The van der Waals surface area contributed by atoms with Gasteiger partial charge in [0.1, 0.15) is 11.5 Å². The van der Waals surface area contributed by atoms with Gasteiger partial charge in [-0.15, -0.1) is 0 Å². The lowest BCUT2D eigenvalue weighted by Crippen LogP contribution is -2.51. The largest absolute Gasteiger partial charge is 0.373 e. The van der Waals surface area contributed by atoms with Crippen LogP contribution >= 0.6 is 0 Å². The number of hydrazine groups is 1. The first kappa shape index (κ1) is 14.5. The lowest BCUT2D eigenvalue weighted by Gasteiger charge is -2.36. The Morgan fingerprint density at radius 3 is 2.62 bits per heavy atom. The van der Waals surface area contributed by atoms with Gasteiger partial charge in [-0.2, -0.15) is 0 Å². The molecule has 5 heteroatoms. The van der Waals surface area contributed by atoms with Crippen molar-refractivity contribution in [3.8, 4) is 0 Å². The molecule has 0 spiro atoms. The van der Waals surface area contributed by atoms with Gasteiger partial charge in [-0.05, 0) is 19.3 Å². The first-order chi connectivity index (χ1) is 10.1. The number of allylic oxidation sites excluding steroid dienone is 2. The summed E-state index contributed by atoms with van der Waals surface area (Å²) in [7, 11) is 1.61. The molecule has 3 rings (SSSR count). The molecule has 0 radical (unpaired) electrons. The number of fused-ring (bicyclic) bond motifs is 1. The van der Waals surface area contributed by atoms with Crippen LogP contribution in [-0.4, -0.2) is 47.6 Å².